The van der Waals surface area contributed by atoms with Gasteiger partial charge in [0.25, 0.3) is 0 Å². The molecule has 6 rings (SSSR count). The largest absolute Gasteiger partial charge is 0.504 e. The van der Waals surface area contributed by atoms with E-state index < -0.39 is 22.9 Å². The maximum Gasteiger partial charge on any atom is 0.207 e. The number of phenolic OH excluding ortho intramolecular Hbond substituents is 1. The van der Waals surface area contributed by atoms with Crippen molar-refractivity contribution >= 4 is 0 Å². The summed E-state index contributed by atoms with van der Waals surface area (Å²) in [6.07, 6.45) is 4.16. The molecule has 0 radical (unpaired) electrons. The lowest BCUT2D eigenvalue weighted by molar-refractivity contribution is -0.296. The van der Waals surface area contributed by atoms with Crippen LogP contribution in [0.5, 0.6) is 11.5 Å². The van der Waals surface area contributed by atoms with Gasteiger partial charge < -0.3 is 24.4 Å². The number of nitrogens with zero attached hydrogens (tertiary/aromatic N) is 1. The number of aliphatic hydroxyl groups is 1. The van der Waals surface area contributed by atoms with Gasteiger partial charge in [0.2, 0.25) is 5.79 Å². The Hall–Kier alpha value is -1.60. The SMILES string of the molecule is C=CCN1CC[C@]23c4c5ccc(O)c4O[C@H]2C2(CC[C@@]3(O)[C@H]1C5)OCCO2. The number of hydrogen-bond acceptors (Lipinski definition) is 6. The van der Waals surface area contributed by atoms with E-state index >= 15 is 0 Å². The van der Waals surface area contributed by atoms with Crippen LogP contribution in [0.25, 0.3) is 0 Å². The van der Waals surface area contributed by atoms with Crippen molar-refractivity contribution in [3.63, 3.8) is 0 Å². The van der Waals surface area contributed by atoms with E-state index in [0.29, 0.717) is 31.8 Å². The van der Waals surface area contributed by atoms with Crippen molar-refractivity contribution in [1.29, 1.82) is 0 Å². The Labute approximate surface area is 158 Å². The normalized spacial score (nSPS) is 40.6. The Morgan fingerprint density at radius 1 is 1.22 bits per heavy atom. The molecule has 3 heterocycles. The minimum Gasteiger partial charge on any atom is -0.504 e. The van der Waals surface area contributed by atoms with Crippen LogP contribution in [0.3, 0.4) is 0 Å². The standard InChI is InChI=1S/C21H25NO5/c1-2-8-22-9-7-19-16-13-3-4-14(23)17(16)27-18(19)21(25-10-11-26-21)6-5-20(19,24)15(22)12-13/h2-4,15,18,23-24H,1,5-12H2/t15-,18-,19+,20-/m1/s1. The summed E-state index contributed by atoms with van der Waals surface area (Å²) < 4.78 is 18.6. The number of rotatable bonds is 2. The van der Waals surface area contributed by atoms with Crippen LogP contribution in [0.1, 0.15) is 30.4 Å². The van der Waals surface area contributed by atoms with E-state index in [0.717, 1.165) is 37.1 Å². The maximum absolute atomic E-state index is 12.2. The number of hydrogen-bond donors (Lipinski definition) is 2. The van der Waals surface area contributed by atoms with Crippen molar-refractivity contribution in [2.45, 2.75) is 54.6 Å². The zero-order chi connectivity index (χ0) is 18.4. The summed E-state index contributed by atoms with van der Waals surface area (Å²) in [5, 5.41) is 22.7. The zero-order valence-electron chi connectivity index (χ0n) is 15.3. The zero-order valence-corrected chi connectivity index (χ0v) is 15.3. The minimum atomic E-state index is -0.939. The Morgan fingerprint density at radius 2 is 2.04 bits per heavy atom. The summed E-state index contributed by atoms with van der Waals surface area (Å²) >= 11 is 0. The number of benzene rings is 1. The third-order valence-electron chi connectivity index (χ3n) is 7.72. The highest BCUT2D eigenvalue weighted by Crippen LogP contribution is 2.67. The molecule has 1 aromatic carbocycles. The van der Waals surface area contributed by atoms with Crippen LogP contribution in [0.2, 0.25) is 0 Å². The van der Waals surface area contributed by atoms with Gasteiger partial charge in [-0.05, 0) is 37.4 Å². The first-order chi connectivity index (χ1) is 13.1. The third-order valence-corrected chi connectivity index (χ3v) is 7.72. The number of ether oxygens (including phenoxy) is 3. The molecule has 2 saturated heterocycles. The van der Waals surface area contributed by atoms with Crippen molar-refractivity contribution < 1.29 is 24.4 Å². The van der Waals surface area contributed by atoms with Crippen molar-refractivity contribution in [2.24, 2.45) is 0 Å². The Balaban J connectivity index is 1.61. The molecule has 2 spiro atoms. The Morgan fingerprint density at radius 3 is 2.81 bits per heavy atom. The number of aromatic hydroxyl groups is 1. The van der Waals surface area contributed by atoms with E-state index in [1.54, 1.807) is 6.07 Å². The van der Waals surface area contributed by atoms with Gasteiger partial charge in [0.1, 0.15) is 0 Å². The van der Waals surface area contributed by atoms with E-state index in [1.807, 2.05) is 12.1 Å². The van der Waals surface area contributed by atoms with Gasteiger partial charge in [0.15, 0.2) is 17.6 Å². The summed E-state index contributed by atoms with van der Waals surface area (Å²) in [7, 11) is 0. The third kappa shape index (κ3) is 1.68. The summed E-state index contributed by atoms with van der Waals surface area (Å²) in [6, 6.07) is 3.70. The predicted molar refractivity (Wildman–Crippen MR) is 96.9 cm³/mol. The molecule has 2 bridgehead atoms. The molecule has 4 atom stereocenters. The lowest BCUT2D eigenvalue weighted by Gasteiger charge is -2.65. The van der Waals surface area contributed by atoms with Crippen LogP contribution in [0, 0.1) is 0 Å². The molecule has 1 aromatic rings. The van der Waals surface area contributed by atoms with E-state index in [4.69, 9.17) is 14.2 Å². The number of likely N-dealkylation sites (tertiary alicyclic amines) is 1. The molecular formula is C21H25NO5. The van der Waals surface area contributed by atoms with Gasteiger partial charge in [-0.1, -0.05) is 12.1 Å². The molecule has 6 nitrogen and oxygen atoms in total. The van der Waals surface area contributed by atoms with Gasteiger partial charge in [-0.25, -0.2) is 0 Å². The summed E-state index contributed by atoms with van der Waals surface area (Å²) in [5.41, 5.74) is 0.594. The van der Waals surface area contributed by atoms with Gasteiger partial charge >= 0.3 is 0 Å². The van der Waals surface area contributed by atoms with Crippen LogP contribution in [-0.4, -0.2) is 65.0 Å². The highest BCUT2D eigenvalue weighted by Gasteiger charge is 2.77. The van der Waals surface area contributed by atoms with E-state index in [2.05, 4.69) is 11.5 Å². The molecule has 6 heteroatoms. The van der Waals surface area contributed by atoms with E-state index in [9.17, 15) is 10.2 Å². The molecule has 0 unspecified atom stereocenters. The fourth-order valence-electron chi connectivity index (χ4n) is 6.74. The van der Waals surface area contributed by atoms with Crippen molar-refractivity contribution in [3.8, 4) is 11.5 Å². The Bertz CT molecular complexity index is 834. The molecule has 2 N–H and O–H groups in total. The average molecular weight is 371 g/mol. The highest BCUT2D eigenvalue weighted by molar-refractivity contribution is 5.62. The molecule has 5 aliphatic rings. The quantitative estimate of drug-likeness (QED) is 0.768. The summed E-state index contributed by atoms with van der Waals surface area (Å²) in [5.74, 6) is -0.177. The van der Waals surface area contributed by atoms with Crippen LogP contribution >= 0.6 is 0 Å². The molecule has 1 saturated carbocycles. The smallest absolute Gasteiger partial charge is 0.207 e. The van der Waals surface area contributed by atoms with Crippen LogP contribution in [-0.2, 0) is 21.3 Å². The number of piperidine rings is 1. The van der Waals surface area contributed by atoms with Crippen molar-refractivity contribution in [2.75, 3.05) is 26.3 Å². The number of fused-ring (bicyclic) bond motifs is 1. The van der Waals surface area contributed by atoms with Gasteiger partial charge in [-0.3, -0.25) is 4.90 Å². The highest BCUT2D eigenvalue weighted by atomic mass is 16.8. The second kappa shape index (κ2) is 5.06. The molecular weight excluding hydrogens is 346 g/mol. The molecule has 2 aliphatic carbocycles. The second-order valence-corrected chi connectivity index (χ2v) is 8.60. The molecule has 27 heavy (non-hydrogen) atoms. The Kier molecular flexibility index (Phi) is 3.06. The second-order valence-electron chi connectivity index (χ2n) is 8.60. The van der Waals surface area contributed by atoms with Crippen molar-refractivity contribution in [1.82, 2.24) is 4.90 Å². The monoisotopic (exact) mass is 371 g/mol. The summed E-state index contributed by atoms with van der Waals surface area (Å²) in [6.45, 7) is 6.59. The fourth-order valence-corrected chi connectivity index (χ4v) is 6.74. The topological polar surface area (TPSA) is 71.4 Å². The van der Waals surface area contributed by atoms with E-state index in [1.165, 1.54) is 0 Å². The van der Waals surface area contributed by atoms with Gasteiger partial charge in [-0.15, -0.1) is 6.58 Å². The van der Waals surface area contributed by atoms with Crippen LogP contribution in [0.4, 0.5) is 0 Å². The summed E-state index contributed by atoms with van der Waals surface area (Å²) in [4.78, 5) is 2.34. The van der Waals surface area contributed by atoms with Gasteiger partial charge in [0.05, 0.1) is 24.2 Å². The minimum absolute atomic E-state index is 0.00269. The predicted octanol–water partition coefficient (Wildman–Crippen LogP) is 1.48. The van der Waals surface area contributed by atoms with Crippen LogP contribution < -0.4 is 4.74 Å². The first-order valence-electron chi connectivity index (χ1n) is 9.93. The molecule has 144 valence electrons. The van der Waals surface area contributed by atoms with Crippen LogP contribution in [0.15, 0.2) is 24.8 Å². The molecule has 3 aliphatic heterocycles. The van der Waals surface area contributed by atoms with Crippen molar-refractivity contribution in [3.05, 3.63) is 35.9 Å². The lowest BCUT2D eigenvalue weighted by Crippen LogP contribution is -2.79. The van der Waals surface area contributed by atoms with Gasteiger partial charge in [-0.2, -0.15) is 0 Å². The maximum atomic E-state index is 12.2. The van der Waals surface area contributed by atoms with Gasteiger partial charge in [0, 0.05) is 24.6 Å². The molecule has 0 amide bonds. The van der Waals surface area contributed by atoms with E-state index in [-0.39, 0.29) is 11.8 Å². The first-order valence-corrected chi connectivity index (χ1v) is 9.93. The lowest BCUT2D eigenvalue weighted by atomic mass is 9.48. The average Bonchev–Trinajstić information content (AvgIpc) is 3.26. The first kappa shape index (κ1) is 16.4. The number of phenols is 1. The molecule has 3 fully saturated rings. The molecule has 0 aromatic heterocycles. The fraction of sp³-hybridized carbons (Fsp3) is 0.619.